The van der Waals surface area contributed by atoms with Gasteiger partial charge in [-0.05, 0) is 31.0 Å². The predicted octanol–water partition coefficient (Wildman–Crippen LogP) is 1.35. The van der Waals surface area contributed by atoms with Gasteiger partial charge in [0.1, 0.15) is 0 Å². The monoisotopic (exact) mass is 236 g/mol. The van der Waals surface area contributed by atoms with Gasteiger partial charge in [-0.15, -0.1) is 0 Å². The quantitative estimate of drug-likeness (QED) is 0.555. The smallest absolute Gasteiger partial charge is 0.224 e. The first-order chi connectivity index (χ1) is 8.22. The molecule has 0 heterocycles. The summed E-state index contributed by atoms with van der Waals surface area (Å²) in [6.07, 6.45) is 1.25. The molecule has 1 amide bonds. The van der Waals surface area contributed by atoms with E-state index < -0.39 is 0 Å². The highest BCUT2D eigenvalue weighted by Gasteiger charge is 2.02. The number of ether oxygens (including phenoxy) is 1. The number of rotatable bonds is 7. The Bertz CT molecular complexity index is 336. The largest absolute Gasteiger partial charge is 0.399 e. The number of hydrogen-bond donors (Lipinski definition) is 2. The first-order valence-corrected chi connectivity index (χ1v) is 5.91. The number of nitrogens with two attached hydrogens (primary N) is 1. The molecule has 0 aromatic heterocycles. The normalized spacial score (nSPS) is 10.2. The van der Waals surface area contributed by atoms with Gasteiger partial charge in [0.15, 0.2) is 0 Å². The standard InChI is InChI=1S/C13H20N2O2/c1-2-17-9-3-8-15-13(16)10-11-4-6-12(14)7-5-11/h4-7H,2-3,8-10,14H2,1H3,(H,15,16). The Labute approximate surface area is 102 Å². The van der Waals surface area contributed by atoms with Gasteiger partial charge in [0.05, 0.1) is 6.42 Å². The average Bonchev–Trinajstić information content (AvgIpc) is 2.32. The fourth-order valence-electron chi connectivity index (χ4n) is 1.43. The van der Waals surface area contributed by atoms with Gasteiger partial charge < -0.3 is 15.8 Å². The van der Waals surface area contributed by atoms with Crippen molar-refractivity contribution in [3.05, 3.63) is 29.8 Å². The van der Waals surface area contributed by atoms with Crippen LogP contribution in [-0.2, 0) is 16.0 Å². The number of carbonyl (C=O) groups excluding carboxylic acids is 1. The lowest BCUT2D eigenvalue weighted by Crippen LogP contribution is -2.26. The van der Waals surface area contributed by atoms with Crippen molar-refractivity contribution in [1.82, 2.24) is 5.32 Å². The third-order valence-electron chi connectivity index (χ3n) is 2.34. The van der Waals surface area contributed by atoms with E-state index in [2.05, 4.69) is 5.32 Å². The van der Waals surface area contributed by atoms with E-state index in [1.54, 1.807) is 12.1 Å². The van der Waals surface area contributed by atoms with Crippen LogP contribution in [-0.4, -0.2) is 25.7 Å². The second kappa shape index (κ2) is 7.68. The number of benzene rings is 1. The Morgan fingerprint density at radius 2 is 2.06 bits per heavy atom. The Balaban J connectivity index is 2.18. The van der Waals surface area contributed by atoms with Gasteiger partial charge in [0.25, 0.3) is 0 Å². The maximum atomic E-state index is 11.5. The maximum Gasteiger partial charge on any atom is 0.224 e. The van der Waals surface area contributed by atoms with E-state index in [4.69, 9.17) is 10.5 Å². The molecule has 0 aliphatic carbocycles. The van der Waals surface area contributed by atoms with Crippen LogP contribution in [0, 0.1) is 0 Å². The van der Waals surface area contributed by atoms with Crippen LogP contribution < -0.4 is 11.1 Å². The lowest BCUT2D eigenvalue weighted by Gasteiger charge is -2.05. The second-order valence-electron chi connectivity index (χ2n) is 3.82. The van der Waals surface area contributed by atoms with Crippen molar-refractivity contribution in [3.8, 4) is 0 Å². The predicted molar refractivity (Wildman–Crippen MR) is 68.7 cm³/mol. The zero-order valence-corrected chi connectivity index (χ0v) is 10.2. The van der Waals surface area contributed by atoms with E-state index in [0.717, 1.165) is 18.6 Å². The van der Waals surface area contributed by atoms with Crippen molar-refractivity contribution in [2.45, 2.75) is 19.8 Å². The van der Waals surface area contributed by atoms with Crippen LogP contribution in [0.15, 0.2) is 24.3 Å². The molecule has 94 valence electrons. The lowest BCUT2D eigenvalue weighted by atomic mass is 10.1. The van der Waals surface area contributed by atoms with Crippen molar-refractivity contribution in [2.24, 2.45) is 0 Å². The fourth-order valence-corrected chi connectivity index (χ4v) is 1.43. The van der Waals surface area contributed by atoms with Crippen molar-refractivity contribution in [1.29, 1.82) is 0 Å². The molecule has 0 radical (unpaired) electrons. The summed E-state index contributed by atoms with van der Waals surface area (Å²) in [5, 5.41) is 2.85. The number of hydrogen-bond acceptors (Lipinski definition) is 3. The van der Waals surface area contributed by atoms with Gasteiger partial charge in [-0.3, -0.25) is 4.79 Å². The summed E-state index contributed by atoms with van der Waals surface area (Å²) in [5.74, 6) is 0.0336. The molecule has 0 fully saturated rings. The lowest BCUT2D eigenvalue weighted by molar-refractivity contribution is -0.120. The highest BCUT2D eigenvalue weighted by molar-refractivity contribution is 5.78. The zero-order chi connectivity index (χ0) is 12.5. The molecule has 0 aliphatic rings. The summed E-state index contributed by atoms with van der Waals surface area (Å²) in [7, 11) is 0. The number of nitrogen functional groups attached to an aromatic ring is 1. The molecule has 3 N–H and O–H groups in total. The van der Waals surface area contributed by atoms with Gasteiger partial charge in [-0.25, -0.2) is 0 Å². The first-order valence-electron chi connectivity index (χ1n) is 5.91. The molecule has 0 aliphatic heterocycles. The SMILES string of the molecule is CCOCCCNC(=O)Cc1ccc(N)cc1. The molecule has 0 atom stereocenters. The van der Waals surface area contributed by atoms with Crippen LogP contribution in [0.2, 0.25) is 0 Å². The molecule has 0 spiro atoms. The van der Waals surface area contributed by atoms with Crippen LogP contribution in [0.1, 0.15) is 18.9 Å². The fraction of sp³-hybridized carbons (Fsp3) is 0.462. The maximum absolute atomic E-state index is 11.5. The number of carbonyl (C=O) groups is 1. The molecular weight excluding hydrogens is 216 g/mol. The number of nitrogens with one attached hydrogen (secondary N) is 1. The Morgan fingerprint density at radius 1 is 1.35 bits per heavy atom. The molecule has 1 aromatic rings. The first kappa shape index (κ1) is 13.5. The Hall–Kier alpha value is -1.55. The minimum Gasteiger partial charge on any atom is -0.399 e. The molecular formula is C13H20N2O2. The van der Waals surface area contributed by atoms with Crippen molar-refractivity contribution < 1.29 is 9.53 Å². The Kier molecular flexibility index (Phi) is 6.10. The van der Waals surface area contributed by atoms with Crippen LogP contribution in [0.5, 0.6) is 0 Å². The van der Waals surface area contributed by atoms with Gasteiger partial charge in [-0.2, -0.15) is 0 Å². The number of amides is 1. The molecule has 0 bridgehead atoms. The summed E-state index contributed by atoms with van der Waals surface area (Å²) >= 11 is 0. The topological polar surface area (TPSA) is 64.3 Å². The van der Waals surface area contributed by atoms with E-state index in [0.29, 0.717) is 25.3 Å². The van der Waals surface area contributed by atoms with Gasteiger partial charge >= 0.3 is 0 Å². The van der Waals surface area contributed by atoms with E-state index in [-0.39, 0.29) is 5.91 Å². The van der Waals surface area contributed by atoms with Crippen molar-refractivity contribution >= 4 is 11.6 Å². The molecule has 17 heavy (non-hydrogen) atoms. The zero-order valence-electron chi connectivity index (χ0n) is 10.2. The van der Waals surface area contributed by atoms with Crippen molar-refractivity contribution in [3.63, 3.8) is 0 Å². The molecule has 1 aromatic carbocycles. The van der Waals surface area contributed by atoms with Gasteiger partial charge in [-0.1, -0.05) is 12.1 Å². The van der Waals surface area contributed by atoms with Crippen LogP contribution in [0.4, 0.5) is 5.69 Å². The molecule has 0 saturated carbocycles. The summed E-state index contributed by atoms with van der Waals surface area (Å²) in [6.45, 7) is 4.03. The van der Waals surface area contributed by atoms with Gasteiger partial charge in [0, 0.05) is 25.4 Å². The van der Waals surface area contributed by atoms with Gasteiger partial charge in [0.2, 0.25) is 5.91 Å². The van der Waals surface area contributed by atoms with Crippen molar-refractivity contribution in [2.75, 3.05) is 25.5 Å². The molecule has 4 heteroatoms. The molecule has 0 saturated heterocycles. The summed E-state index contributed by atoms with van der Waals surface area (Å²) in [5.41, 5.74) is 7.26. The molecule has 4 nitrogen and oxygen atoms in total. The van der Waals surface area contributed by atoms with Crippen LogP contribution >= 0.6 is 0 Å². The van der Waals surface area contributed by atoms with E-state index >= 15 is 0 Å². The van der Waals surface area contributed by atoms with E-state index in [9.17, 15) is 4.79 Å². The highest BCUT2D eigenvalue weighted by Crippen LogP contribution is 2.05. The van der Waals surface area contributed by atoms with Crippen LogP contribution in [0.25, 0.3) is 0 Å². The molecule has 0 unspecified atom stereocenters. The third-order valence-corrected chi connectivity index (χ3v) is 2.34. The van der Waals surface area contributed by atoms with E-state index in [1.807, 2.05) is 19.1 Å². The molecule has 1 rings (SSSR count). The van der Waals surface area contributed by atoms with Crippen LogP contribution in [0.3, 0.4) is 0 Å². The minimum atomic E-state index is 0.0336. The third kappa shape index (κ3) is 5.92. The summed E-state index contributed by atoms with van der Waals surface area (Å²) in [6, 6.07) is 7.35. The summed E-state index contributed by atoms with van der Waals surface area (Å²) in [4.78, 5) is 11.5. The second-order valence-corrected chi connectivity index (χ2v) is 3.82. The summed E-state index contributed by atoms with van der Waals surface area (Å²) < 4.78 is 5.18. The minimum absolute atomic E-state index is 0.0336. The number of anilines is 1. The van der Waals surface area contributed by atoms with E-state index in [1.165, 1.54) is 0 Å². The average molecular weight is 236 g/mol. The Morgan fingerprint density at radius 3 is 2.71 bits per heavy atom. The highest BCUT2D eigenvalue weighted by atomic mass is 16.5.